The Kier molecular flexibility index (Phi) is 6.26. The van der Waals surface area contributed by atoms with Gasteiger partial charge in [0.1, 0.15) is 0 Å². The Morgan fingerprint density at radius 2 is 1.70 bits per heavy atom. The number of nitrogens with two attached hydrogens (primary N) is 1. The number of hydrogen-bond acceptors (Lipinski definition) is 6. The molecule has 0 spiro atoms. The average Bonchev–Trinajstić information content (AvgIpc) is 3.22. The van der Waals surface area contributed by atoms with E-state index in [0.717, 1.165) is 5.56 Å². The van der Waals surface area contributed by atoms with Crippen LogP contribution in [0.15, 0.2) is 65.2 Å². The Balaban J connectivity index is 1.88. The fourth-order valence-electron chi connectivity index (χ4n) is 2.85. The van der Waals surface area contributed by atoms with E-state index >= 15 is 0 Å². The number of benzene rings is 2. The molecular formula is C22H21N3O5. The molecule has 3 rings (SSSR count). The van der Waals surface area contributed by atoms with Crippen molar-refractivity contribution >= 4 is 17.9 Å². The SMILES string of the molecule is CC(C)[C@H](OC(=O)c1ccccc1-c1ncc(-c2ccccc2)o1)C(=O)NC(N)=O. The van der Waals surface area contributed by atoms with E-state index in [-0.39, 0.29) is 17.4 Å². The number of hydrogen-bond donors (Lipinski definition) is 2. The lowest BCUT2D eigenvalue weighted by Crippen LogP contribution is -2.45. The van der Waals surface area contributed by atoms with Gasteiger partial charge in [0, 0.05) is 5.56 Å². The third kappa shape index (κ3) is 4.72. The molecule has 0 radical (unpaired) electrons. The van der Waals surface area contributed by atoms with Crippen molar-refractivity contribution in [3.8, 4) is 22.8 Å². The predicted octanol–water partition coefficient (Wildman–Crippen LogP) is 3.38. The molecule has 1 heterocycles. The first-order valence-electron chi connectivity index (χ1n) is 9.28. The van der Waals surface area contributed by atoms with E-state index in [2.05, 4.69) is 4.98 Å². The topological polar surface area (TPSA) is 125 Å². The Labute approximate surface area is 173 Å². The minimum atomic E-state index is -1.19. The fourth-order valence-corrected chi connectivity index (χ4v) is 2.85. The highest BCUT2D eigenvalue weighted by molar-refractivity contribution is 6.00. The first kappa shape index (κ1) is 20.8. The quantitative estimate of drug-likeness (QED) is 0.604. The molecule has 0 unspecified atom stereocenters. The van der Waals surface area contributed by atoms with Crippen LogP contribution >= 0.6 is 0 Å². The molecule has 0 saturated heterocycles. The van der Waals surface area contributed by atoms with Gasteiger partial charge in [-0.25, -0.2) is 14.6 Å². The summed E-state index contributed by atoms with van der Waals surface area (Å²) in [6.45, 7) is 3.37. The summed E-state index contributed by atoms with van der Waals surface area (Å²) in [5, 5.41) is 1.94. The second-order valence-electron chi connectivity index (χ2n) is 6.86. The minimum Gasteiger partial charge on any atom is -0.448 e. The number of aromatic nitrogens is 1. The van der Waals surface area contributed by atoms with Crippen molar-refractivity contribution in [1.82, 2.24) is 10.3 Å². The van der Waals surface area contributed by atoms with Gasteiger partial charge in [-0.05, 0) is 18.1 Å². The van der Waals surface area contributed by atoms with E-state index in [4.69, 9.17) is 14.9 Å². The van der Waals surface area contributed by atoms with Crippen molar-refractivity contribution < 1.29 is 23.5 Å². The van der Waals surface area contributed by atoms with Gasteiger partial charge < -0.3 is 14.9 Å². The molecule has 0 bridgehead atoms. The molecule has 0 aliphatic rings. The minimum absolute atomic E-state index is 0.177. The van der Waals surface area contributed by atoms with Crippen LogP contribution in [0, 0.1) is 5.92 Å². The number of amides is 3. The van der Waals surface area contributed by atoms with Gasteiger partial charge in [0.2, 0.25) is 5.89 Å². The largest absolute Gasteiger partial charge is 0.448 e. The highest BCUT2D eigenvalue weighted by atomic mass is 16.5. The summed E-state index contributed by atoms with van der Waals surface area (Å²) >= 11 is 0. The Morgan fingerprint density at radius 3 is 2.37 bits per heavy atom. The Bertz CT molecular complexity index is 1060. The first-order chi connectivity index (χ1) is 14.4. The molecule has 3 amide bonds. The molecule has 0 saturated carbocycles. The zero-order valence-electron chi connectivity index (χ0n) is 16.5. The smallest absolute Gasteiger partial charge is 0.339 e. The number of nitrogens with one attached hydrogen (secondary N) is 1. The molecule has 30 heavy (non-hydrogen) atoms. The average molecular weight is 407 g/mol. The van der Waals surface area contributed by atoms with Gasteiger partial charge in [-0.15, -0.1) is 0 Å². The van der Waals surface area contributed by atoms with Crippen molar-refractivity contribution in [2.24, 2.45) is 11.7 Å². The summed E-state index contributed by atoms with van der Waals surface area (Å²) in [5.41, 5.74) is 6.43. The lowest BCUT2D eigenvalue weighted by atomic mass is 10.1. The fraction of sp³-hybridized carbons (Fsp3) is 0.182. The number of primary amides is 1. The normalized spacial score (nSPS) is 11.7. The summed E-state index contributed by atoms with van der Waals surface area (Å²) in [6.07, 6.45) is 0.381. The van der Waals surface area contributed by atoms with Crippen molar-refractivity contribution in [2.75, 3.05) is 0 Å². The summed E-state index contributed by atoms with van der Waals surface area (Å²) < 4.78 is 11.2. The summed E-state index contributed by atoms with van der Waals surface area (Å²) in [5.74, 6) is -1.13. The molecule has 2 aromatic carbocycles. The number of imide groups is 1. The maximum Gasteiger partial charge on any atom is 0.339 e. The molecule has 8 heteroatoms. The van der Waals surface area contributed by atoms with E-state index in [9.17, 15) is 14.4 Å². The van der Waals surface area contributed by atoms with Crippen LogP contribution in [0.4, 0.5) is 4.79 Å². The van der Waals surface area contributed by atoms with Crippen molar-refractivity contribution in [3.05, 3.63) is 66.4 Å². The van der Waals surface area contributed by atoms with Crippen LogP contribution in [-0.2, 0) is 9.53 Å². The van der Waals surface area contributed by atoms with Gasteiger partial charge >= 0.3 is 12.0 Å². The zero-order valence-corrected chi connectivity index (χ0v) is 16.5. The van der Waals surface area contributed by atoms with E-state index in [1.807, 2.05) is 35.6 Å². The lowest BCUT2D eigenvalue weighted by Gasteiger charge is -2.20. The van der Waals surface area contributed by atoms with Gasteiger partial charge in [0.15, 0.2) is 11.9 Å². The van der Waals surface area contributed by atoms with Crippen LogP contribution in [0.1, 0.15) is 24.2 Å². The zero-order chi connectivity index (χ0) is 21.7. The lowest BCUT2D eigenvalue weighted by molar-refractivity contribution is -0.130. The third-order valence-corrected chi connectivity index (χ3v) is 4.29. The maximum atomic E-state index is 12.8. The molecule has 0 aliphatic heterocycles. The van der Waals surface area contributed by atoms with Crippen LogP contribution in [0.3, 0.4) is 0 Å². The summed E-state index contributed by atoms with van der Waals surface area (Å²) in [4.78, 5) is 40.2. The summed E-state index contributed by atoms with van der Waals surface area (Å²) in [6, 6.07) is 15.0. The van der Waals surface area contributed by atoms with Gasteiger partial charge in [-0.2, -0.15) is 0 Å². The molecule has 154 valence electrons. The van der Waals surface area contributed by atoms with Crippen molar-refractivity contribution in [1.29, 1.82) is 0 Å². The van der Waals surface area contributed by atoms with Crippen LogP contribution < -0.4 is 11.1 Å². The number of oxazole rings is 1. The molecule has 8 nitrogen and oxygen atoms in total. The molecule has 3 N–H and O–H groups in total. The molecule has 1 aromatic heterocycles. The predicted molar refractivity (Wildman–Crippen MR) is 109 cm³/mol. The molecule has 3 aromatic rings. The van der Waals surface area contributed by atoms with Gasteiger partial charge in [0.05, 0.1) is 17.3 Å². The number of nitrogens with zero attached hydrogens (tertiary/aromatic N) is 1. The second kappa shape index (κ2) is 9.04. The monoisotopic (exact) mass is 407 g/mol. The second-order valence-corrected chi connectivity index (χ2v) is 6.86. The number of esters is 1. The number of carbonyl (C=O) groups excluding carboxylic acids is 3. The summed E-state index contributed by atoms with van der Waals surface area (Å²) in [7, 11) is 0. The number of ether oxygens (including phenoxy) is 1. The van der Waals surface area contributed by atoms with E-state index in [0.29, 0.717) is 11.3 Å². The van der Waals surface area contributed by atoms with Crippen LogP contribution in [0.2, 0.25) is 0 Å². The van der Waals surface area contributed by atoms with Gasteiger partial charge in [0.25, 0.3) is 5.91 Å². The third-order valence-electron chi connectivity index (χ3n) is 4.29. The van der Waals surface area contributed by atoms with Crippen LogP contribution in [0.25, 0.3) is 22.8 Å². The van der Waals surface area contributed by atoms with Crippen molar-refractivity contribution in [2.45, 2.75) is 20.0 Å². The maximum absolute atomic E-state index is 12.8. The van der Waals surface area contributed by atoms with Crippen molar-refractivity contribution in [3.63, 3.8) is 0 Å². The number of carbonyl (C=O) groups is 3. The number of urea groups is 1. The molecular weight excluding hydrogens is 386 g/mol. The van der Waals surface area contributed by atoms with Gasteiger partial charge in [-0.3, -0.25) is 10.1 Å². The van der Waals surface area contributed by atoms with E-state index in [1.54, 1.807) is 44.3 Å². The van der Waals surface area contributed by atoms with Crippen LogP contribution in [-0.4, -0.2) is 29.0 Å². The number of rotatable bonds is 6. The molecule has 0 aliphatic carbocycles. The highest BCUT2D eigenvalue weighted by Gasteiger charge is 2.29. The van der Waals surface area contributed by atoms with Gasteiger partial charge in [-0.1, -0.05) is 56.3 Å². The van der Waals surface area contributed by atoms with E-state index < -0.39 is 24.0 Å². The van der Waals surface area contributed by atoms with E-state index in [1.165, 1.54) is 0 Å². The Hall–Kier alpha value is -3.94. The molecule has 1 atom stereocenters. The highest BCUT2D eigenvalue weighted by Crippen LogP contribution is 2.29. The first-order valence-corrected chi connectivity index (χ1v) is 9.28. The van der Waals surface area contributed by atoms with Crippen LogP contribution in [0.5, 0.6) is 0 Å². The molecule has 0 fully saturated rings. The standard InChI is InChI=1S/C22H21N3O5/c1-13(2)18(19(26)25-22(23)28)30-21(27)16-11-7-6-10-15(16)20-24-12-17(29-20)14-8-4-3-5-9-14/h3-13,18H,1-2H3,(H3,23,25,26,28)/t18-/m0/s1. The Morgan fingerprint density at radius 1 is 1.03 bits per heavy atom.